The van der Waals surface area contributed by atoms with E-state index in [9.17, 15) is 9.59 Å². The minimum atomic E-state index is -0.359. The molecule has 0 aromatic heterocycles. The number of hydrogen-bond donors (Lipinski definition) is 0. The van der Waals surface area contributed by atoms with Crippen molar-refractivity contribution in [3.05, 3.63) is 29.8 Å². The minimum Gasteiger partial charge on any atom is -0.459 e. The summed E-state index contributed by atoms with van der Waals surface area (Å²) < 4.78 is 10.9. The highest BCUT2D eigenvalue weighted by Gasteiger charge is 2.23. The predicted octanol–water partition coefficient (Wildman–Crippen LogP) is 2.54. The highest BCUT2D eigenvalue weighted by Crippen LogP contribution is 2.22. The first-order valence-corrected chi connectivity index (χ1v) is 7.93. The zero-order chi connectivity index (χ0) is 15.4. The molecule has 22 heavy (non-hydrogen) atoms. The lowest BCUT2D eigenvalue weighted by Gasteiger charge is -2.22. The Labute approximate surface area is 130 Å². The van der Waals surface area contributed by atoms with Crippen LogP contribution in [0, 0.1) is 0 Å². The van der Waals surface area contributed by atoms with E-state index in [2.05, 4.69) is 0 Å². The fraction of sp³-hybridized carbons (Fsp3) is 0.529. The molecule has 1 aromatic rings. The Bertz CT molecular complexity index is 551. The van der Waals surface area contributed by atoms with E-state index in [1.54, 1.807) is 23.1 Å². The molecule has 2 aliphatic heterocycles. The van der Waals surface area contributed by atoms with E-state index in [0.29, 0.717) is 25.1 Å². The largest absolute Gasteiger partial charge is 0.459 e. The summed E-state index contributed by atoms with van der Waals surface area (Å²) in [6.07, 6.45) is 4.60. The van der Waals surface area contributed by atoms with Crippen LogP contribution in [0.4, 0.5) is 5.69 Å². The van der Waals surface area contributed by atoms with Crippen molar-refractivity contribution >= 4 is 17.6 Å². The molecule has 0 saturated carbocycles. The highest BCUT2D eigenvalue weighted by molar-refractivity contribution is 5.97. The molecule has 1 unspecified atom stereocenters. The lowest BCUT2D eigenvalue weighted by atomic mass is 10.1. The summed E-state index contributed by atoms with van der Waals surface area (Å²) in [6.45, 7) is 1.76. The quantitative estimate of drug-likeness (QED) is 0.802. The molecule has 1 aromatic carbocycles. The molecule has 5 heteroatoms. The topological polar surface area (TPSA) is 55.8 Å². The number of ether oxygens (including phenoxy) is 2. The number of nitrogens with zero attached hydrogens (tertiary/aromatic N) is 1. The Morgan fingerprint density at radius 1 is 1.32 bits per heavy atom. The number of hydrogen-bond acceptors (Lipinski definition) is 4. The predicted molar refractivity (Wildman–Crippen MR) is 81.9 cm³/mol. The third-order valence-electron chi connectivity index (χ3n) is 4.14. The molecule has 2 saturated heterocycles. The summed E-state index contributed by atoms with van der Waals surface area (Å²) in [5, 5.41) is 0. The van der Waals surface area contributed by atoms with Gasteiger partial charge in [0.05, 0.1) is 11.7 Å². The van der Waals surface area contributed by atoms with Crippen molar-refractivity contribution in [2.75, 3.05) is 24.7 Å². The number of carbonyl (C=O) groups excluding carboxylic acids is 2. The smallest absolute Gasteiger partial charge is 0.338 e. The van der Waals surface area contributed by atoms with E-state index < -0.39 is 0 Å². The molecule has 1 amide bonds. The molecule has 2 fully saturated rings. The van der Waals surface area contributed by atoms with Crippen molar-refractivity contribution in [3.63, 3.8) is 0 Å². The van der Waals surface area contributed by atoms with Crippen LogP contribution < -0.4 is 4.90 Å². The number of carbonyl (C=O) groups is 2. The van der Waals surface area contributed by atoms with Gasteiger partial charge in [-0.25, -0.2) is 4.79 Å². The highest BCUT2D eigenvalue weighted by atomic mass is 16.6. The molecule has 0 bridgehead atoms. The van der Waals surface area contributed by atoms with E-state index in [-0.39, 0.29) is 18.0 Å². The number of benzene rings is 1. The summed E-state index contributed by atoms with van der Waals surface area (Å²) >= 11 is 0. The molecule has 0 radical (unpaired) electrons. The number of rotatable bonds is 4. The first-order chi connectivity index (χ1) is 10.7. The van der Waals surface area contributed by atoms with Crippen LogP contribution in [-0.4, -0.2) is 37.7 Å². The van der Waals surface area contributed by atoms with Crippen LogP contribution in [0.15, 0.2) is 24.3 Å². The second-order valence-electron chi connectivity index (χ2n) is 5.79. The summed E-state index contributed by atoms with van der Waals surface area (Å²) in [5.74, 6) is -0.246. The summed E-state index contributed by atoms with van der Waals surface area (Å²) in [6, 6.07) is 7.08. The monoisotopic (exact) mass is 303 g/mol. The van der Waals surface area contributed by atoms with Gasteiger partial charge in [-0.05, 0) is 43.9 Å². The fourth-order valence-corrected chi connectivity index (χ4v) is 2.91. The van der Waals surface area contributed by atoms with Gasteiger partial charge in [0, 0.05) is 25.3 Å². The van der Waals surface area contributed by atoms with E-state index in [1.807, 2.05) is 6.07 Å². The van der Waals surface area contributed by atoms with Crippen LogP contribution in [0.5, 0.6) is 0 Å². The van der Waals surface area contributed by atoms with Gasteiger partial charge in [-0.15, -0.1) is 0 Å². The normalized spacial score (nSPS) is 21.9. The van der Waals surface area contributed by atoms with Crippen molar-refractivity contribution in [1.82, 2.24) is 0 Å². The first-order valence-electron chi connectivity index (χ1n) is 7.93. The van der Waals surface area contributed by atoms with Crippen LogP contribution >= 0.6 is 0 Å². The van der Waals surface area contributed by atoms with Crippen molar-refractivity contribution in [2.45, 2.75) is 38.2 Å². The molecule has 0 aliphatic carbocycles. The molecule has 3 rings (SSSR count). The lowest BCUT2D eigenvalue weighted by Crippen LogP contribution is -2.26. The van der Waals surface area contributed by atoms with Crippen molar-refractivity contribution in [1.29, 1.82) is 0 Å². The molecule has 2 aliphatic rings. The maximum Gasteiger partial charge on any atom is 0.338 e. The standard InChI is InChI=1S/C17H21NO4/c19-16-8-4-9-18(16)14-6-3-5-13(11-14)17(20)22-12-15-7-1-2-10-21-15/h3,5-6,11,15H,1-2,4,7-10,12H2. The fourth-order valence-electron chi connectivity index (χ4n) is 2.91. The van der Waals surface area contributed by atoms with Gasteiger partial charge < -0.3 is 14.4 Å². The molecule has 1 atom stereocenters. The van der Waals surface area contributed by atoms with E-state index in [4.69, 9.17) is 9.47 Å². The lowest BCUT2D eigenvalue weighted by molar-refractivity contribution is -0.117. The van der Waals surface area contributed by atoms with Crippen LogP contribution in [0.3, 0.4) is 0 Å². The maximum absolute atomic E-state index is 12.2. The van der Waals surface area contributed by atoms with E-state index in [1.165, 1.54) is 0 Å². The average molecular weight is 303 g/mol. The third kappa shape index (κ3) is 3.47. The molecular weight excluding hydrogens is 282 g/mol. The van der Waals surface area contributed by atoms with Gasteiger partial charge in [-0.2, -0.15) is 0 Å². The Morgan fingerprint density at radius 2 is 2.23 bits per heavy atom. The molecule has 0 N–H and O–H groups in total. The van der Waals surface area contributed by atoms with Crippen LogP contribution in [0.25, 0.3) is 0 Å². The van der Waals surface area contributed by atoms with E-state index in [0.717, 1.165) is 38.0 Å². The molecule has 2 heterocycles. The molecule has 118 valence electrons. The summed E-state index contributed by atoms with van der Waals surface area (Å²) in [4.78, 5) is 25.7. The summed E-state index contributed by atoms with van der Waals surface area (Å²) in [5.41, 5.74) is 1.25. The molecule has 0 spiro atoms. The number of amides is 1. The Hall–Kier alpha value is -1.88. The zero-order valence-corrected chi connectivity index (χ0v) is 12.6. The number of esters is 1. The number of anilines is 1. The van der Waals surface area contributed by atoms with Gasteiger partial charge in [-0.3, -0.25) is 4.79 Å². The second-order valence-corrected chi connectivity index (χ2v) is 5.79. The van der Waals surface area contributed by atoms with Gasteiger partial charge in [0.2, 0.25) is 5.91 Å². The summed E-state index contributed by atoms with van der Waals surface area (Å²) in [7, 11) is 0. The van der Waals surface area contributed by atoms with Gasteiger partial charge >= 0.3 is 5.97 Å². The third-order valence-corrected chi connectivity index (χ3v) is 4.14. The Kier molecular flexibility index (Phi) is 4.73. The van der Waals surface area contributed by atoms with Crippen LogP contribution in [0.1, 0.15) is 42.5 Å². The van der Waals surface area contributed by atoms with Gasteiger partial charge in [0.25, 0.3) is 0 Å². The Balaban J connectivity index is 1.61. The van der Waals surface area contributed by atoms with Gasteiger partial charge in [0.1, 0.15) is 6.61 Å². The maximum atomic E-state index is 12.2. The van der Waals surface area contributed by atoms with Crippen molar-refractivity contribution in [2.24, 2.45) is 0 Å². The minimum absolute atomic E-state index is 0.0149. The second kappa shape index (κ2) is 6.92. The van der Waals surface area contributed by atoms with Crippen LogP contribution in [0.2, 0.25) is 0 Å². The van der Waals surface area contributed by atoms with Gasteiger partial charge in [-0.1, -0.05) is 6.07 Å². The SMILES string of the molecule is O=C(OCC1CCCCO1)c1cccc(N2CCCC2=O)c1. The van der Waals surface area contributed by atoms with E-state index >= 15 is 0 Å². The first kappa shape index (κ1) is 15.0. The molecule has 5 nitrogen and oxygen atoms in total. The Morgan fingerprint density at radius 3 is 2.95 bits per heavy atom. The zero-order valence-electron chi connectivity index (χ0n) is 12.6. The van der Waals surface area contributed by atoms with Crippen molar-refractivity contribution in [3.8, 4) is 0 Å². The van der Waals surface area contributed by atoms with Gasteiger partial charge in [0.15, 0.2) is 0 Å². The van der Waals surface area contributed by atoms with Crippen molar-refractivity contribution < 1.29 is 19.1 Å². The van der Waals surface area contributed by atoms with Crippen LogP contribution in [-0.2, 0) is 14.3 Å². The average Bonchev–Trinajstić information content (AvgIpc) is 3.00. The molecular formula is C17H21NO4.